The molecule has 0 bridgehead atoms. The summed E-state index contributed by atoms with van der Waals surface area (Å²) in [6, 6.07) is 13.9. The normalized spacial score (nSPS) is 17.2. The zero-order valence-corrected chi connectivity index (χ0v) is 16.7. The Morgan fingerprint density at radius 1 is 1.03 bits per heavy atom. The van der Waals surface area contributed by atoms with Gasteiger partial charge in [-0.2, -0.15) is 0 Å². The van der Waals surface area contributed by atoms with Crippen LogP contribution >= 0.6 is 0 Å². The molecule has 6 nitrogen and oxygen atoms in total. The summed E-state index contributed by atoms with van der Waals surface area (Å²) in [5.74, 6) is -1.06. The van der Waals surface area contributed by atoms with Gasteiger partial charge in [0, 0.05) is 44.3 Å². The monoisotopic (exact) mass is 393 g/mol. The largest absolute Gasteiger partial charge is 0.478 e. The molecule has 1 heterocycles. The number of aromatic carboxylic acids is 1. The van der Waals surface area contributed by atoms with Crippen molar-refractivity contribution in [1.29, 1.82) is 0 Å². The Kier molecular flexibility index (Phi) is 5.53. The molecule has 152 valence electrons. The van der Waals surface area contributed by atoms with Crippen molar-refractivity contribution in [3.8, 4) is 0 Å². The number of carboxylic acid groups (broad SMARTS) is 1. The Morgan fingerprint density at radius 2 is 1.72 bits per heavy atom. The second-order valence-corrected chi connectivity index (χ2v) is 8.05. The van der Waals surface area contributed by atoms with Crippen LogP contribution < -0.4 is 10.2 Å². The molecule has 0 spiro atoms. The van der Waals surface area contributed by atoms with Crippen molar-refractivity contribution in [3.05, 3.63) is 59.2 Å². The standard InChI is InChI=1S/C23H27N3O3/c1-16-2-4-17(5-3-16)15-25-10-12-26(13-11-25)19-8-9-21(20(14-19)23(28)29)24-22(27)18-6-7-18/h2-5,8-9,14,18H,6-7,10-13,15H2,1H3,(H,24,27)(H,28,29). The minimum absolute atomic E-state index is 0.0397. The van der Waals surface area contributed by atoms with Gasteiger partial charge in [0.25, 0.3) is 0 Å². The fraction of sp³-hybridized carbons (Fsp3) is 0.391. The Morgan fingerprint density at radius 3 is 2.34 bits per heavy atom. The lowest BCUT2D eigenvalue weighted by Gasteiger charge is -2.36. The van der Waals surface area contributed by atoms with Crippen LogP contribution in [0.2, 0.25) is 0 Å². The molecule has 6 heteroatoms. The number of nitrogens with one attached hydrogen (secondary N) is 1. The maximum Gasteiger partial charge on any atom is 0.337 e. The lowest BCUT2D eigenvalue weighted by molar-refractivity contribution is -0.117. The third-order valence-electron chi connectivity index (χ3n) is 5.70. The molecule has 2 aromatic carbocycles. The number of hydrogen-bond acceptors (Lipinski definition) is 4. The molecule has 2 aliphatic rings. The molecule has 1 saturated heterocycles. The fourth-order valence-corrected chi connectivity index (χ4v) is 3.71. The summed E-state index contributed by atoms with van der Waals surface area (Å²) >= 11 is 0. The van der Waals surface area contributed by atoms with E-state index in [0.717, 1.165) is 51.3 Å². The van der Waals surface area contributed by atoms with Gasteiger partial charge in [0.2, 0.25) is 5.91 Å². The van der Waals surface area contributed by atoms with E-state index in [9.17, 15) is 14.7 Å². The highest BCUT2D eigenvalue weighted by Gasteiger charge is 2.30. The van der Waals surface area contributed by atoms with Gasteiger partial charge >= 0.3 is 5.97 Å². The molecule has 2 N–H and O–H groups in total. The van der Waals surface area contributed by atoms with Crippen LogP contribution in [0.5, 0.6) is 0 Å². The van der Waals surface area contributed by atoms with Gasteiger partial charge in [-0.3, -0.25) is 9.69 Å². The minimum Gasteiger partial charge on any atom is -0.478 e. The molecule has 0 aromatic heterocycles. The van der Waals surface area contributed by atoms with Crippen LogP contribution in [0.15, 0.2) is 42.5 Å². The van der Waals surface area contributed by atoms with Crippen molar-refractivity contribution < 1.29 is 14.7 Å². The maximum atomic E-state index is 12.0. The number of anilines is 2. The zero-order valence-electron chi connectivity index (χ0n) is 16.7. The maximum absolute atomic E-state index is 12.0. The van der Waals surface area contributed by atoms with Gasteiger partial charge in [-0.05, 0) is 43.5 Å². The first-order valence-electron chi connectivity index (χ1n) is 10.2. The smallest absolute Gasteiger partial charge is 0.337 e. The van der Waals surface area contributed by atoms with Gasteiger partial charge in [-0.15, -0.1) is 0 Å². The number of hydrogen-bond donors (Lipinski definition) is 2. The predicted molar refractivity (Wildman–Crippen MR) is 113 cm³/mol. The van der Waals surface area contributed by atoms with Crippen LogP contribution in [0.3, 0.4) is 0 Å². The van der Waals surface area contributed by atoms with Crippen LogP contribution in [0.1, 0.15) is 34.3 Å². The van der Waals surface area contributed by atoms with E-state index in [-0.39, 0.29) is 17.4 Å². The van der Waals surface area contributed by atoms with E-state index in [1.165, 1.54) is 11.1 Å². The summed E-state index contributed by atoms with van der Waals surface area (Å²) in [6.45, 7) is 6.57. The van der Waals surface area contributed by atoms with Crippen molar-refractivity contribution in [2.45, 2.75) is 26.3 Å². The fourth-order valence-electron chi connectivity index (χ4n) is 3.71. The average molecular weight is 393 g/mol. The van der Waals surface area contributed by atoms with Crippen molar-refractivity contribution in [2.75, 3.05) is 36.4 Å². The summed E-state index contributed by atoms with van der Waals surface area (Å²) in [4.78, 5) is 28.4. The van der Waals surface area contributed by atoms with E-state index in [4.69, 9.17) is 0 Å². The molecule has 0 unspecified atom stereocenters. The molecular formula is C23H27N3O3. The zero-order chi connectivity index (χ0) is 20.4. The molecule has 2 fully saturated rings. The molecule has 1 aliphatic carbocycles. The van der Waals surface area contributed by atoms with Gasteiger partial charge in [-0.25, -0.2) is 4.79 Å². The number of carbonyl (C=O) groups excluding carboxylic acids is 1. The topological polar surface area (TPSA) is 72.9 Å². The molecular weight excluding hydrogens is 366 g/mol. The Balaban J connectivity index is 1.39. The first kappa shape index (κ1) is 19.5. The third-order valence-corrected chi connectivity index (χ3v) is 5.70. The van der Waals surface area contributed by atoms with E-state index >= 15 is 0 Å². The molecule has 0 atom stereocenters. The highest BCUT2D eigenvalue weighted by molar-refractivity contribution is 6.02. The van der Waals surface area contributed by atoms with E-state index in [0.29, 0.717) is 5.69 Å². The van der Waals surface area contributed by atoms with Gasteiger partial charge < -0.3 is 15.3 Å². The molecule has 0 radical (unpaired) electrons. The number of aryl methyl sites for hydroxylation is 1. The average Bonchev–Trinajstić information content (AvgIpc) is 3.56. The SMILES string of the molecule is Cc1ccc(CN2CCN(c3ccc(NC(=O)C4CC4)c(C(=O)O)c3)CC2)cc1. The molecule has 1 saturated carbocycles. The number of carboxylic acids is 1. The molecule has 1 aliphatic heterocycles. The van der Waals surface area contributed by atoms with Crippen LogP contribution in [0.25, 0.3) is 0 Å². The van der Waals surface area contributed by atoms with Crippen LogP contribution in [-0.2, 0) is 11.3 Å². The van der Waals surface area contributed by atoms with E-state index in [2.05, 4.69) is 46.3 Å². The predicted octanol–water partition coefficient (Wildman–Crippen LogP) is 3.36. The summed E-state index contributed by atoms with van der Waals surface area (Å²) in [6.07, 6.45) is 1.78. The Labute approximate surface area is 171 Å². The Bertz CT molecular complexity index is 898. The first-order valence-corrected chi connectivity index (χ1v) is 10.2. The summed E-state index contributed by atoms with van der Waals surface area (Å²) in [7, 11) is 0. The quantitative estimate of drug-likeness (QED) is 0.787. The molecule has 1 amide bonds. The number of carbonyl (C=O) groups is 2. The van der Waals surface area contributed by atoms with Crippen molar-refractivity contribution in [3.63, 3.8) is 0 Å². The van der Waals surface area contributed by atoms with Crippen LogP contribution in [-0.4, -0.2) is 48.1 Å². The van der Waals surface area contributed by atoms with Gasteiger partial charge in [0.1, 0.15) is 0 Å². The number of rotatable bonds is 6. The summed E-state index contributed by atoms with van der Waals surface area (Å²) in [5, 5.41) is 12.4. The summed E-state index contributed by atoms with van der Waals surface area (Å²) in [5.41, 5.74) is 4.01. The third kappa shape index (κ3) is 4.77. The highest BCUT2D eigenvalue weighted by atomic mass is 16.4. The van der Waals surface area contributed by atoms with Gasteiger partial charge in [0.15, 0.2) is 0 Å². The van der Waals surface area contributed by atoms with Crippen LogP contribution in [0.4, 0.5) is 11.4 Å². The number of amides is 1. The van der Waals surface area contributed by atoms with E-state index in [1.807, 2.05) is 6.07 Å². The molecule has 2 aromatic rings. The van der Waals surface area contributed by atoms with E-state index < -0.39 is 5.97 Å². The lowest BCUT2D eigenvalue weighted by atomic mass is 10.1. The molecule has 4 rings (SSSR count). The van der Waals surface area contributed by atoms with Crippen molar-refractivity contribution in [2.24, 2.45) is 5.92 Å². The highest BCUT2D eigenvalue weighted by Crippen LogP contribution is 2.31. The van der Waals surface area contributed by atoms with Crippen molar-refractivity contribution >= 4 is 23.3 Å². The first-order chi connectivity index (χ1) is 14.0. The Hall–Kier alpha value is -2.86. The minimum atomic E-state index is -1.02. The summed E-state index contributed by atoms with van der Waals surface area (Å²) < 4.78 is 0. The number of benzene rings is 2. The lowest BCUT2D eigenvalue weighted by Crippen LogP contribution is -2.46. The second-order valence-electron chi connectivity index (χ2n) is 8.05. The van der Waals surface area contributed by atoms with Gasteiger partial charge in [0.05, 0.1) is 11.3 Å². The number of nitrogens with zero attached hydrogens (tertiary/aromatic N) is 2. The second kappa shape index (κ2) is 8.25. The molecule has 29 heavy (non-hydrogen) atoms. The van der Waals surface area contributed by atoms with E-state index in [1.54, 1.807) is 12.1 Å². The van der Waals surface area contributed by atoms with Crippen LogP contribution in [0, 0.1) is 12.8 Å². The van der Waals surface area contributed by atoms with Gasteiger partial charge in [-0.1, -0.05) is 29.8 Å². The number of piperazine rings is 1. The van der Waals surface area contributed by atoms with Crippen molar-refractivity contribution in [1.82, 2.24) is 4.90 Å².